The Hall–Kier alpha value is -1.80. The summed E-state index contributed by atoms with van der Waals surface area (Å²) < 4.78 is 36.0. The molecule has 0 aromatic carbocycles. The Labute approximate surface area is 106 Å². The van der Waals surface area contributed by atoms with Crippen molar-refractivity contribution in [3.63, 3.8) is 0 Å². The molecule has 2 fully saturated rings. The normalized spacial score (nSPS) is 27.0. The minimum atomic E-state index is -4.57. The van der Waals surface area contributed by atoms with Crippen LogP contribution >= 0.6 is 0 Å². The molecule has 0 aromatic heterocycles. The minimum absolute atomic E-state index is 0.0700. The molecule has 3 amide bonds. The zero-order valence-corrected chi connectivity index (χ0v) is 9.79. The van der Waals surface area contributed by atoms with Crippen molar-refractivity contribution in [2.75, 3.05) is 13.1 Å². The van der Waals surface area contributed by atoms with Crippen molar-refractivity contribution < 1.29 is 27.6 Å². The van der Waals surface area contributed by atoms with Crippen LogP contribution in [-0.2, 0) is 14.4 Å². The van der Waals surface area contributed by atoms with Gasteiger partial charge < -0.3 is 15.5 Å². The summed E-state index contributed by atoms with van der Waals surface area (Å²) in [5.74, 6) is -1.78. The quantitative estimate of drug-likeness (QED) is 0.691. The van der Waals surface area contributed by atoms with Crippen LogP contribution in [0.15, 0.2) is 0 Å². The van der Waals surface area contributed by atoms with Crippen LogP contribution in [0.5, 0.6) is 0 Å². The largest absolute Gasteiger partial charge is 0.397 e. The molecule has 2 rings (SSSR count). The van der Waals surface area contributed by atoms with Gasteiger partial charge in [-0.2, -0.15) is 13.2 Å². The number of piperazine rings is 1. The fourth-order valence-electron chi connectivity index (χ4n) is 2.31. The lowest BCUT2D eigenvalue weighted by Gasteiger charge is -2.28. The summed E-state index contributed by atoms with van der Waals surface area (Å²) in [7, 11) is 0. The summed E-state index contributed by atoms with van der Waals surface area (Å²) in [6, 6.07) is -1.31. The van der Waals surface area contributed by atoms with E-state index >= 15 is 0 Å². The molecule has 0 radical (unpaired) electrons. The van der Waals surface area contributed by atoms with Gasteiger partial charge in [0, 0.05) is 12.6 Å². The van der Waals surface area contributed by atoms with Gasteiger partial charge in [-0.05, 0) is 6.42 Å². The van der Waals surface area contributed by atoms with Gasteiger partial charge in [0.1, 0.15) is 12.5 Å². The van der Waals surface area contributed by atoms with E-state index in [2.05, 4.69) is 10.6 Å². The summed E-state index contributed by atoms with van der Waals surface area (Å²) in [5.41, 5.74) is 0. The Bertz CT molecular complexity index is 400. The number of hydrogen-bond donors (Lipinski definition) is 2. The van der Waals surface area contributed by atoms with Crippen LogP contribution in [0.25, 0.3) is 0 Å². The molecule has 2 N–H and O–H groups in total. The van der Waals surface area contributed by atoms with E-state index in [0.717, 1.165) is 0 Å². The number of nitrogens with one attached hydrogen (secondary N) is 2. The monoisotopic (exact) mass is 279 g/mol. The third-order valence-electron chi connectivity index (χ3n) is 3.06. The van der Waals surface area contributed by atoms with E-state index in [4.69, 9.17) is 0 Å². The van der Waals surface area contributed by atoms with E-state index in [0.29, 0.717) is 0 Å². The standard InChI is InChI=1S/C10H12F3N3O3/c11-10(12,13)2-7(17)15-5-1-6-9(19)14-3-8(18)16(6)4-5/h5-6H,1-4H2,(H,14,19)(H,15,17)/t5-,6+/m1/s1. The first kappa shape index (κ1) is 13.6. The van der Waals surface area contributed by atoms with Gasteiger partial charge >= 0.3 is 6.18 Å². The Kier molecular flexibility index (Phi) is 3.38. The highest BCUT2D eigenvalue weighted by Gasteiger charge is 2.43. The second-order valence-corrected chi connectivity index (χ2v) is 4.57. The van der Waals surface area contributed by atoms with Gasteiger partial charge in [0.2, 0.25) is 17.7 Å². The molecule has 2 saturated heterocycles. The SMILES string of the molecule is O=C(CC(F)(F)F)N[C@@H]1C[C@H]2C(=O)NCC(=O)N2C1. The second kappa shape index (κ2) is 4.71. The van der Waals surface area contributed by atoms with Gasteiger partial charge in [0.15, 0.2) is 0 Å². The highest BCUT2D eigenvalue weighted by Crippen LogP contribution is 2.22. The molecule has 0 unspecified atom stereocenters. The van der Waals surface area contributed by atoms with Gasteiger partial charge in [-0.3, -0.25) is 14.4 Å². The van der Waals surface area contributed by atoms with Crippen molar-refractivity contribution in [3.8, 4) is 0 Å². The van der Waals surface area contributed by atoms with E-state index in [1.165, 1.54) is 4.90 Å². The molecule has 0 bridgehead atoms. The number of nitrogens with zero attached hydrogens (tertiary/aromatic N) is 1. The zero-order valence-electron chi connectivity index (χ0n) is 9.79. The average Bonchev–Trinajstić information content (AvgIpc) is 2.65. The first-order valence-corrected chi connectivity index (χ1v) is 5.69. The molecule has 106 valence electrons. The highest BCUT2D eigenvalue weighted by molar-refractivity contribution is 5.95. The smallest absolute Gasteiger partial charge is 0.351 e. The van der Waals surface area contributed by atoms with Gasteiger partial charge in [-0.25, -0.2) is 0 Å². The summed E-state index contributed by atoms with van der Waals surface area (Å²) in [4.78, 5) is 35.4. The van der Waals surface area contributed by atoms with E-state index in [1.807, 2.05) is 0 Å². The molecule has 6 nitrogen and oxygen atoms in total. The van der Waals surface area contributed by atoms with Crippen LogP contribution in [0.3, 0.4) is 0 Å². The summed E-state index contributed by atoms with van der Waals surface area (Å²) in [5, 5.41) is 4.59. The fraction of sp³-hybridized carbons (Fsp3) is 0.700. The minimum Gasteiger partial charge on any atom is -0.351 e. The van der Waals surface area contributed by atoms with E-state index in [9.17, 15) is 27.6 Å². The molecular weight excluding hydrogens is 267 g/mol. The Morgan fingerprint density at radius 2 is 2.11 bits per heavy atom. The molecule has 2 aliphatic rings. The van der Waals surface area contributed by atoms with Crippen molar-refractivity contribution in [1.29, 1.82) is 0 Å². The number of hydrogen-bond acceptors (Lipinski definition) is 3. The molecule has 9 heteroatoms. The van der Waals surface area contributed by atoms with Gasteiger partial charge in [-0.1, -0.05) is 0 Å². The van der Waals surface area contributed by atoms with Crippen molar-refractivity contribution in [1.82, 2.24) is 15.5 Å². The van der Waals surface area contributed by atoms with Crippen LogP contribution in [0.2, 0.25) is 0 Å². The first-order valence-electron chi connectivity index (χ1n) is 5.69. The summed E-state index contributed by atoms with van der Waals surface area (Å²) in [6.07, 6.45) is -5.99. The molecular formula is C10H12F3N3O3. The lowest BCUT2D eigenvalue weighted by atomic mass is 10.1. The maximum atomic E-state index is 12.0. The Balaban J connectivity index is 1.93. The summed E-state index contributed by atoms with van der Waals surface area (Å²) >= 11 is 0. The molecule has 2 heterocycles. The van der Waals surface area contributed by atoms with Crippen molar-refractivity contribution in [2.45, 2.75) is 31.1 Å². The molecule has 19 heavy (non-hydrogen) atoms. The van der Waals surface area contributed by atoms with Gasteiger partial charge in [-0.15, -0.1) is 0 Å². The molecule has 2 atom stereocenters. The topological polar surface area (TPSA) is 78.5 Å². The molecule has 0 aliphatic carbocycles. The maximum Gasteiger partial charge on any atom is 0.397 e. The lowest BCUT2D eigenvalue weighted by molar-refractivity contribution is -0.154. The number of rotatable bonds is 2. The number of carbonyl (C=O) groups is 3. The van der Waals surface area contributed by atoms with E-state index in [1.54, 1.807) is 0 Å². The van der Waals surface area contributed by atoms with E-state index in [-0.39, 0.29) is 31.3 Å². The van der Waals surface area contributed by atoms with Crippen molar-refractivity contribution in [2.24, 2.45) is 0 Å². The van der Waals surface area contributed by atoms with Gasteiger partial charge in [0.25, 0.3) is 0 Å². The predicted octanol–water partition coefficient (Wildman–Crippen LogP) is -0.846. The number of amides is 3. The Morgan fingerprint density at radius 3 is 2.68 bits per heavy atom. The number of alkyl halides is 3. The first-order chi connectivity index (χ1) is 8.76. The number of carbonyl (C=O) groups excluding carboxylic acids is 3. The second-order valence-electron chi connectivity index (χ2n) is 4.57. The van der Waals surface area contributed by atoms with Crippen LogP contribution in [0.1, 0.15) is 12.8 Å². The molecule has 0 saturated carbocycles. The van der Waals surface area contributed by atoms with Crippen molar-refractivity contribution >= 4 is 17.7 Å². The lowest BCUT2D eigenvalue weighted by Crippen LogP contribution is -2.55. The summed E-state index contributed by atoms with van der Waals surface area (Å²) in [6.45, 7) is -0.0426. The van der Waals surface area contributed by atoms with Crippen molar-refractivity contribution in [3.05, 3.63) is 0 Å². The van der Waals surface area contributed by atoms with Gasteiger partial charge in [0.05, 0.1) is 6.54 Å². The van der Waals surface area contributed by atoms with Crippen LogP contribution in [0.4, 0.5) is 13.2 Å². The third-order valence-corrected chi connectivity index (χ3v) is 3.06. The van der Waals surface area contributed by atoms with Crippen LogP contribution < -0.4 is 10.6 Å². The Morgan fingerprint density at radius 1 is 1.42 bits per heavy atom. The van der Waals surface area contributed by atoms with Crippen LogP contribution in [0, 0.1) is 0 Å². The average molecular weight is 279 g/mol. The number of halogens is 3. The fourth-order valence-corrected chi connectivity index (χ4v) is 2.31. The van der Waals surface area contributed by atoms with Crippen LogP contribution in [-0.4, -0.2) is 54.0 Å². The maximum absolute atomic E-state index is 12.0. The predicted molar refractivity (Wildman–Crippen MR) is 55.7 cm³/mol. The van der Waals surface area contributed by atoms with E-state index < -0.39 is 30.6 Å². The molecule has 0 aromatic rings. The zero-order chi connectivity index (χ0) is 14.2. The molecule has 0 spiro atoms. The third kappa shape index (κ3) is 3.15. The highest BCUT2D eigenvalue weighted by atomic mass is 19.4. The number of fused-ring (bicyclic) bond motifs is 1. The molecule has 2 aliphatic heterocycles.